The normalized spacial score (nSPS) is 23.7. The lowest BCUT2D eigenvalue weighted by molar-refractivity contribution is -0.228. The van der Waals surface area contributed by atoms with Gasteiger partial charge in [-0.05, 0) is 27.2 Å². The predicted molar refractivity (Wildman–Crippen MR) is 130 cm³/mol. The fraction of sp³-hybridized carbons (Fsp3) is 0.750. The van der Waals surface area contributed by atoms with Crippen LogP contribution in [0.15, 0.2) is 0 Å². The van der Waals surface area contributed by atoms with Gasteiger partial charge in [0, 0.05) is 27.7 Å². The van der Waals surface area contributed by atoms with E-state index in [-0.39, 0.29) is 6.42 Å². The van der Waals surface area contributed by atoms with Crippen LogP contribution in [-0.4, -0.2) is 84.6 Å². The van der Waals surface area contributed by atoms with Crippen molar-refractivity contribution in [2.24, 2.45) is 0 Å². The summed E-state index contributed by atoms with van der Waals surface area (Å²) in [5.74, 6) is -3.43. The summed E-state index contributed by atoms with van der Waals surface area (Å²) in [6.07, 6.45) is -5.21. The van der Waals surface area contributed by atoms with Gasteiger partial charge in [-0.1, -0.05) is 13.3 Å². The first kappa shape index (κ1) is 32.6. The SMILES string of the molecule is CCCC(NC(=O)OC(C)(C)C)C(=O)NC1OC(COC(C)=O)C(OC(C)=O)C(OC(C)=O)C1NC(C)=O. The fourth-order valence-corrected chi connectivity index (χ4v) is 3.70. The first-order valence-corrected chi connectivity index (χ1v) is 12.2. The van der Waals surface area contributed by atoms with Crippen molar-refractivity contribution in [3.63, 3.8) is 0 Å². The van der Waals surface area contributed by atoms with Gasteiger partial charge in [-0.2, -0.15) is 0 Å². The van der Waals surface area contributed by atoms with Crippen molar-refractivity contribution in [3.8, 4) is 0 Å². The van der Waals surface area contributed by atoms with Crippen molar-refractivity contribution in [1.29, 1.82) is 0 Å². The predicted octanol–water partition coefficient (Wildman–Crippen LogP) is 0.452. The number of carbonyl (C=O) groups is 6. The van der Waals surface area contributed by atoms with E-state index in [1.807, 2.05) is 6.92 Å². The highest BCUT2D eigenvalue weighted by Gasteiger charge is 2.51. The average Bonchev–Trinajstić information content (AvgIpc) is 2.73. The summed E-state index contributed by atoms with van der Waals surface area (Å²) < 4.78 is 26.9. The van der Waals surface area contributed by atoms with E-state index in [0.717, 1.165) is 20.8 Å². The summed E-state index contributed by atoms with van der Waals surface area (Å²) in [4.78, 5) is 72.9. The van der Waals surface area contributed by atoms with Crippen LogP contribution in [0.25, 0.3) is 0 Å². The summed E-state index contributed by atoms with van der Waals surface area (Å²) in [5.41, 5.74) is -0.798. The highest BCUT2D eigenvalue weighted by Crippen LogP contribution is 2.26. The molecule has 3 amide bonds. The first-order valence-electron chi connectivity index (χ1n) is 12.2. The van der Waals surface area contributed by atoms with Crippen LogP contribution in [0.1, 0.15) is 68.2 Å². The third-order valence-corrected chi connectivity index (χ3v) is 4.99. The minimum absolute atomic E-state index is 0.239. The second kappa shape index (κ2) is 14.5. The van der Waals surface area contributed by atoms with Gasteiger partial charge in [-0.25, -0.2) is 4.79 Å². The van der Waals surface area contributed by atoms with Crippen LogP contribution in [0.4, 0.5) is 4.79 Å². The van der Waals surface area contributed by atoms with Crippen molar-refractivity contribution in [1.82, 2.24) is 16.0 Å². The average molecular weight is 546 g/mol. The van der Waals surface area contributed by atoms with E-state index < -0.39 is 84.6 Å². The van der Waals surface area contributed by atoms with Crippen molar-refractivity contribution >= 4 is 35.8 Å². The molecule has 14 nitrogen and oxygen atoms in total. The minimum Gasteiger partial charge on any atom is -0.463 e. The van der Waals surface area contributed by atoms with Crippen LogP contribution in [-0.2, 0) is 47.7 Å². The number of esters is 3. The Kier molecular flexibility index (Phi) is 12.4. The summed E-state index contributed by atoms with van der Waals surface area (Å²) >= 11 is 0. The summed E-state index contributed by atoms with van der Waals surface area (Å²) in [5, 5.41) is 7.67. The maximum atomic E-state index is 13.2. The number of hydrogen-bond acceptors (Lipinski definition) is 11. The molecule has 1 rings (SSSR count). The van der Waals surface area contributed by atoms with Crippen LogP contribution < -0.4 is 16.0 Å². The lowest BCUT2D eigenvalue weighted by Gasteiger charge is -2.45. The lowest BCUT2D eigenvalue weighted by Crippen LogP contribution is -2.70. The number of amides is 3. The van der Waals surface area contributed by atoms with Crippen molar-refractivity contribution in [2.75, 3.05) is 6.61 Å². The van der Waals surface area contributed by atoms with Gasteiger partial charge in [-0.3, -0.25) is 24.0 Å². The van der Waals surface area contributed by atoms with Crippen molar-refractivity contribution < 1.29 is 52.5 Å². The van der Waals surface area contributed by atoms with Crippen LogP contribution in [0.2, 0.25) is 0 Å². The molecule has 0 spiro atoms. The zero-order chi connectivity index (χ0) is 29.2. The van der Waals surface area contributed by atoms with E-state index in [9.17, 15) is 28.8 Å². The van der Waals surface area contributed by atoms with Gasteiger partial charge in [0.25, 0.3) is 0 Å². The number of rotatable bonds is 10. The molecule has 1 aliphatic rings. The van der Waals surface area contributed by atoms with E-state index in [0.29, 0.717) is 6.42 Å². The molecule has 0 radical (unpaired) electrons. The molecule has 38 heavy (non-hydrogen) atoms. The Morgan fingerprint density at radius 3 is 1.92 bits per heavy atom. The van der Waals surface area contributed by atoms with Gasteiger partial charge in [0.2, 0.25) is 11.8 Å². The second-order valence-corrected chi connectivity index (χ2v) is 9.77. The Morgan fingerprint density at radius 1 is 0.868 bits per heavy atom. The quantitative estimate of drug-likeness (QED) is 0.256. The number of ether oxygens (including phenoxy) is 5. The molecule has 0 bridgehead atoms. The fourth-order valence-electron chi connectivity index (χ4n) is 3.70. The van der Waals surface area contributed by atoms with Gasteiger partial charge in [0.05, 0.1) is 0 Å². The molecule has 1 saturated heterocycles. The van der Waals surface area contributed by atoms with Crippen LogP contribution >= 0.6 is 0 Å². The molecule has 1 aliphatic heterocycles. The first-order chi connectivity index (χ1) is 17.5. The number of alkyl carbamates (subject to hydrolysis) is 1. The number of hydrogen-bond donors (Lipinski definition) is 3. The molecule has 1 heterocycles. The van der Waals surface area contributed by atoms with Crippen molar-refractivity contribution in [2.45, 2.75) is 110 Å². The Morgan fingerprint density at radius 2 is 1.45 bits per heavy atom. The molecular weight excluding hydrogens is 506 g/mol. The minimum atomic E-state index is -1.34. The lowest BCUT2D eigenvalue weighted by atomic mass is 9.94. The molecule has 0 saturated carbocycles. The summed E-state index contributed by atoms with van der Waals surface area (Å²) in [6.45, 7) is 11.0. The van der Waals surface area contributed by atoms with E-state index in [2.05, 4.69) is 16.0 Å². The standard InChI is InChI=1S/C24H39N3O11/c1-9-10-16(26-23(33)38-24(6,7)8)21(32)27-22-18(25-12(2)28)20(36-15(5)31)19(35-14(4)30)17(37-22)11-34-13(3)29/h16-20,22H,9-11H2,1-8H3,(H,25,28)(H,26,33)(H,27,32). The molecule has 0 aliphatic carbocycles. The van der Waals surface area contributed by atoms with E-state index in [1.54, 1.807) is 20.8 Å². The molecule has 0 aromatic heterocycles. The van der Waals surface area contributed by atoms with Gasteiger partial charge in [0.15, 0.2) is 18.4 Å². The summed E-state index contributed by atoms with van der Waals surface area (Å²) in [6, 6.07) is -2.26. The van der Waals surface area contributed by atoms with E-state index >= 15 is 0 Å². The monoisotopic (exact) mass is 545 g/mol. The molecule has 6 atom stereocenters. The number of carbonyl (C=O) groups excluding carboxylic acids is 6. The molecule has 3 N–H and O–H groups in total. The molecule has 6 unspecified atom stereocenters. The zero-order valence-corrected chi connectivity index (χ0v) is 23.1. The summed E-state index contributed by atoms with van der Waals surface area (Å²) in [7, 11) is 0. The van der Waals surface area contributed by atoms with Gasteiger partial charge < -0.3 is 39.6 Å². The number of nitrogens with one attached hydrogen (secondary N) is 3. The maximum Gasteiger partial charge on any atom is 0.408 e. The molecule has 0 aromatic carbocycles. The van der Waals surface area contributed by atoms with E-state index in [1.165, 1.54) is 6.92 Å². The Bertz CT molecular complexity index is 886. The highest BCUT2D eigenvalue weighted by atomic mass is 16.6. The molecule has 0 aromatic rings. The van der Waals surface area contributed by atoms with Gasteiger partial charge in [0.1, 0.15) is 30.4 Å². The molecule has 14 heteroatoms. The topological polar surface area (TPSA) is 185 Å². The maximum absolute atomic E-state index is 13.2. The van der Waals surface area contributed by atoms with Crippen LogP contribution in [0, 0.1) is 0 Å². The van der Waals surface area contributed by atoms with Crippen molar-refractivity contribution in [3.05, 3.63) is 0 Å². The third-order valence-electron chi connectivity index (χ3n) is 4.99. The highest BCUT2D eigenvalue weighted by molar-refractivity contribution is 5.86. The molecule has 1 fully saturated rings. The Hall–Kier alpha value is -3.42. The van der Waals surface area contributed by atoms with E-state index in [4.69, 9.17) is 23.7 Å². The van der Waals surface area contributed by atoms with Gasteiger partial charge >= 0.3 is 24.0 Å². The van der Waals surface area contributed by atoms with Gasteiger partial charge in [-0.15, -0.1) is 0 Å². The van der Waals surface area contributed by atoms with Crippen LogP contribution in [0.5, 0.6) is 0 Å². The largest absolute Gasteiger partial charge is 0.463 e. The second-order valence-electron chi connectivity index (χ2n) is 9.77. The Balaban J connectivity index is 3.36. The smallest absolute Gasteiger partial charge is 0.408 e. The Labute approximate surface area is 221 Å². The molecule has 216 valence electrons. The third kappa shape index (κ3) is 11.3. The van der Waals surface area contributed by atoms with Crippen LogP contribution in [0.3, 0.4) is 0 Å². The molecular formula is C24H39N3O11. The zero-order valence-electron chi connectivity index (χ0n) is 23.1.